The van der Waals surface area contributed by atoms with E-state index in [2.05, 4.69) is 29.0 Å². The van der Waals surface area contributed by atoms with Crippen molar-refractivity contribution in [3.8, 4) is 5.75 Å². The molecule has 4 nitrogen and oxygen atoms in total. The van der Waals surface area contributed by atoms with Crippen LogP contribution in [0.25, 0.3) is 0 Å². The van der Waals surface area contributed by atoms with Gasteiger partial charge in [0.05, 0.1) is 19.3 Å². The van der Waals surface area contributed by atoms with Crippen molar-refractivity contribution in [3.63, 3.8) is 0 Å². The topological polar surface area (TPSA) is 35.9 Å². The molecule has 106 valence electrons. The average molecular weight is 264 g/mol. The molecule has 2 rings (SSSR count). The molecular formula is C15H24N2O2. The summed E-state index contributed by atoms with van der Waals surface area (Å²) < 4.78 is 5.47. The van der Waals surface area contributed by atoms with Gasteiger partial charge < -0.3 is 19.6 Å². The fourth-order valence-electron chi connectivity index (χ4n) is 2.64. The summed E-state index contributed by atoms with van der Waals surface area (Å²) in [7, 11) is 2.12. The zero-order chi connectivity index (χ0) is 13.7. The minimum atomic E-state index is 0.172. The standard InChI is InChI=1S/C15H24N2O2/c1-3-19-15-7-5-13(6-8-15)17-10-4-9-16(2)11-14(17)12-18/h5-8,14,18H,3-4,9-12H2,1-2H3. The van der Waals surface area contributed by atoms with Crippen molar-refractivity contribution in [2.75, 3.05) is 44.8 Å². The Bertz CT molecular complexity index is 380. The van der Waals surface area contributed by atoms with Crippen LogP contribution in [-0.4, -0.2) is 55.9 Å². The molecule has 1 unspecified atom stereocenters. The van der Waals surface area contributed by atoms with Crippen molar-refractivity contribution in [1.82, 2.24) is 4.90 Å². The van der Waals surface area contributed by atoms with Crippen molar-refractivity contribution in [2.45, 2.75) is 19.4 Å². The van der Waals surface area contributed by atoms with Gasteiger partial charge in [-0.2, -0.15) is 0 Å². The maximum atomic E-state index is 9.61. The first-order chi connectivity index (χ1) is 9.24. The number of ether oxygens (including phenoxy) is 1. The molecular weight excluding hydrogens is 240 g/mol. The van der Waals surface area contributed by atoms with Crippen LogP contribution >= 0.6 is 0 Å². The molecule has 0 aromatic heterocycles. The van der Waals surface area contributed by atoms with Gasteiger partial charge >= 0.3 is 0 Å². The van der Waals surface area contributed by atoms with Crippen LogP contribution in [0.15, 0.2) is 24.3 Å². The van der Waals surface area contributed by atoms with Crippen LogP contribution in [0.2, 0.25) is 0 Å². The molecule has 1 aliphatic rings. The first-order valence-electron chi connectivity index (χ1n) is 7.03. The van der Waals surface area contributed by atoms with E-state index < -0.39 is 0 Å². The summed E-state index contributed by atoms with van der Waals surface area (Å²) >= 11 is 0. The minimum absolute atomic E-state index is 0.172. The summed E-state index contributed by atoms with van der Waals surface area (Å²) in [6.45, 7) is 5.85. The van der Waals surface area contributed by atoms with Crippen LogP contribution in [0.5, 0.6) is 5.75 Å². The molecule has 1 aliphatic heterocycles. The van der Waals surface area contributed by atoms with Gasteiger partial charge in [-0.1, -0.05) is 0 Å². The van der Waals surface area contributed by atoms with Crippen LogP contribution < -0.4 is 9.64 Å². The third-order valence-electron chi connectivity index (χ3n) is 3.59. The molecule has 1 heterocycles. The lowest BCUT2D eigenvalue weighted by atomic mass is 10.2. The predicted octanol–water partition coefficient (Wildman–Crippen LogP) is 1.59. The highest BCUT2D eigenvalue weighted by Gasteiger charge is 2.22. The van der Waals surface area contributed by atoms with E-state index in [0.29, 0.717) is 6.61 Å². The Morgan fingerprint density at radius 2 is 2.00 bits per heavy atom. The monoisotopic (exact) mass is 264 g/mol. The highest BCUT2D eigenvalue weighted by atomic mass is 16.5. The third-order valence-corrected chi connectivity index (χ3v) is 3.59. The van der Waals surface area contributed by atoms with Crippen molar-refractivity contribution in [1.29, 1.82) is 0 Å². The second kappa shape index (κ2) is 6.78. The SMILES string of the molecule is CCOc1ccc(N2CCCN(C)CC2CO)cc1. The minimum Gasteiger partial charge on any atom is -0.494 e. The Labute approximate surface area is 115 Å². The second-order valence-corrected chi connectivity index (χ2v) is 5.07. The largest absolute Gasteiger partial charge is 0.494 e. The van der Waals surface area contributed by atoms with Crippen molar-refractivity contribution in [2.24, 2.45) is 0 Å². The van der Waals surface area contributed by atoms with Crippen LogP contribution in [-0.2, 0) is 0 Å². The van der Waals surface area contributed by atoms with Crippen LogP contribution in [0.4, 0.5) is 5.69 Å². The van der Waals surface area contributed by atoms with Crippen molar-refractivity contribution < 1.29 is 9.84 Å². The molecule has 1 saturated heterocycles. The molecule has 1 atom stereocenters. The lowest BCUT2D eigenvalue weighted by molar-refractivity contribution is 0.229. The van der Waals surface area contributed by atoms with Gasteiger partial charge in [0.15, 0.2) is 0 Å². The third kappa shape index (κ3) is 3.61. The normalized spacial score (nSPS) is 21.2. The Morgan fingerprint density at radius 1 is 1.26 bits per heavy atom. The fraction of sp³-hybridized carbons (Fsp3) is 0.600. The molecule has 0 bridgehead atoms. The highest BCUT2D eigenvalue weighted by Crippen LogP contribution is 2.23. The van der Waals surface area contributed by atoms with Gasteiger partial charge in [-0.25, -0.2) is 0 Å². The second-order valence-electron chi connectivity index (χ2n) is 5.07. The summed E-state index contributed by atoms with van der Waals surface area (Å²) in [6.07, 6.45) is 1.13. The summed E-state index contributed by atoms with van der Waals surface area (Å²) in [5.74, 6) is 0.902. The molecule has 0 saturated carbocycles. The van der Waals surface area contributed by atoms with Crippen LogP contribution in [0.1, 0.15) is 13.3 Å². The van der Waals surface area contributed by atoms with Gasteiger partial charge in [0, 0.05) is 18.8 Å². The molecule has 0 radical (unpaired) electrons. The molecule has 19 heavy (non-hydrogen) atoms. The molecule has 1 aromatic carbocycles. The van der Waals surface area contributed by atoms with Gasteiger partial charge in [-0.3, -0.25) is 0 Å². The van der Waals surface area contributed by atoms with E-state index in [0.717, 1.165) is 37.5 Å². The van der Waals surface area contributed by atoms with Gasteiger partial charge in [0.1, 0.15) is 5.75 Å². The summed E-state index contributed by atoms with van der Waals surface area (Å²) in [5, 5.41) is 9.61. The maximum absolute atomic E-state index is 9.61. The Kier molecular flexibility index (Phi) is 5.05. The molecule has 0 spiro atoms. The lowest BCUT2D eigenvalue weighted by Crippen LogP contribution is -2.42. The number of hydrogen-bond donors (Lipinski definition) is 1. The zero-order valence-corrected chi connectivity index (χ0v) is 11.9. The first kappa shape index (κ1) is 14.2. The van der Waals surface area contributed by atoms with E-state index in [1.807, 2.05) is 19.1 Å². The quantitative estimate of drug-likeness (QED) is 0.896. The number of anilines is 1. The Morgan fingerprint density at radius 3 is 2.63 bits per heavy atom. The van der Waals surface area contributed by atoms with E-state index in [1.165, 1.54) is 0 Å². The van der Waals surface area contributed by atoms with E-state index in [-0.39, 0.29) is 12.6 Å². The summed E-state index contributed by atoms with van der Waals surface area (Å²) in [4.78, 5) is 4.59. The van der Waals surface area contributed by atoms with E-state index in [4.69, 9.17) is 4.74 Å². The summed E-state index contributed by atoms with van der Waals surface area (Å²) in [6, 6.07) is 8.34. The van der Waals surface area contributed by atoms with Crippen LogP contribution in [0, 0.1) is 0 Å². The van der Waals surface area contributed by atoms with E-state index in [1.54, 1.807) is 0 Å². The molecule has 1 fully saturated rings. The number of hydrogen-bond acceptors (Lipinski definition) is 4. The molecule has 4 heteroatoms. The lowest BCUT2D eigenvalue weighted by Gasteiger charge is -2.31. The average Bonchev–Trinajstić information content (AvgIpc) is 2.61. The summed E-state index contributed by atoms with van der Waals surface area (Å²) in [5.41, 5.74) is 1.16. The first-order valence-corrected chi connectivity index (χ1v) is 7.03. The van der Waals surface area contributed by atoms with Crippen molar-refractivity contribution in [3.05, 3.63) is 24.3 Å². The number of benzene rings is 1. The van der Waals surface area contributed by atoms with E-state index in [9.17, 15) is 5.11 Å². The zero-order valence-electron chi connectivity index (χ0n) is 11.9. The molecule has 0 aliphatic carbocycles. The van der Waals surface area contributed by atoms with Crippen molar-refractivity contribution >= 4 is 5.69 Å². The number of nitrogens with zero attached hydrogens (tertiary/aromatic N) is 2. The van der Waals surface area contributed by atoms with Gasteiger partial charge in [0.2, 0.25) is 0 Å². The predicted molar refractivity (Wildman–Crippen MR) is 77.9 cm³/mol. The smallest absolute Gasteiger partial charge is 0.119 e. The molecule has 1 N–H and O–H groups in total. The number of aliphatic hydroxyl groups is 1. The van der Waals surface area contributed by atoms with Gasteiger partial charge in [-0.05, 0) is 51.2 Å². The van der Waals surface area contributed by atoms with Crippen LogP contribution in [0.3, 0.4) is 0 Å². The highest BCUT2D eigenvalue weighted by molar-refractivity contribution is 5.50. The fourth-order valence-corrected chi connectivity index (χ4v) is 2.64. The number of likely N-dealkylation sites (N-methyl/N-ethyl adjacent to an activating group) is 1. The van der Waals surface area contributed by atoms with E-state index >= 15 is 0 Å². The Balaban J connectivity index is 2.13. The number of aliphatic hydroxyl groups excluding tert-OH is 1. The number of rotatable bonds is 4. The maximum Gasteiger partial charge on any atom is 0.119 e. The van der Waals surface area contributed by atoms with Gasteiger partial charge in [0.25, 0.3) is 0 Å². The molecule has 0 amide bonds. The Hall–Kier alpha value is -1.26. The molecule has 1 aromatic rings. The van der Waals surface area contributed by atoms with Gasteiger partial charge in [-0.15, -0.1) is 0 Å².